The third-order valence-corrected chi connectivity index (χ3v) is 4.51. The van der Waals surface area contributed by atoms with E-state index in [0.29, 0.717) is 6.04 Å². The number of carbonyl (C=O) groups is 1. The molecule has 0 bridgehead atoms. The highest BCUT2D eigenvalue weighted by Gasteiger charge is 2.33. The van der Waals surface area contributed by atoms with Crippen molar-refractivity contribution < 1.29 is 9.53 Å². The van der Waals surface area contributed by atoms with Crippen molar-refractivity contribution in [2.75, 3.05) is 13.7 Å². The quantitative estimate of drug-likeness (QED) is 0.791. The van der Waals surface area contributed by atoms with Crippen LogP contribution in [-0.4, -0.2) is 42.5 Å². The summed E-state index contributed by atoms with van der Waals surface area (Å²) in [5, 5.41) is 0. The molecule has 1 aliphatic rings. The maximum absolute atomic E-state index is 12.7. The lowest BCUT2D eigenvalue weighted by molar-refractivity contribution is 0.0605. The Balaban J connectivity index is 2.17. The van der Waals surface area contributed by atoms with Gasteiger partial charge < -0.3 is 4.74 Å². The van der Waals surface area contributed by atoms with Gasteiger partial charge in [-0.05, 0) is 52.8 Å². The van der Waals surface area contributed by atoms with Gasteiger partial charge in [-0.1, -0.05) is 17.7 Å². The molecule has 1 aromatic rings. The first kappa shape index (κ1) is 15.2. The van der Waals surface area contributed by atoms with E-state index in [1.165, 1.54) is 0 Å². The van der Waals surface area contributed by atoms with Crippen LogP contribution in [0.5, 0.6) is 0 Å². The summed E-state index contributed by atoms with van der Waals surface area (Å²) in [5.74, 6) is 0.202. The number of nitrogens with zero attached hydrogens (tertiary/aromatic N) is 1. The summed E-state index contributed by atoms with van der Waals surface area (Å²) in [5.41, 5.74) is 3.03. The van der Waals surface area contributed by atoms with E-state index in [4.69, 9.17) is 4.74 Å². The van der Waals surface area contributed by atoms with Gasteiger partial charge in [-0.3, -0.25) is 9.69 Å². The monoisotopic (exact) mass is 275 g/mol. The number of ketones is 1. The predicted octanol–water partition coefficient (Wildman–Crippen LogP) is 2.98. The SMILES string of the molecule is Cc1ccc(C)c(C(=O)C(C)N(C)C2CCOC2C)c1. The topological polar surface area (TPSA) is 29.5 Å². The lowest BCUT2D eigenvalue weighted by atomic mass is 9.96. The molecule has 0 aromatic heterocycles. The maximum Gasteiger partial charge on any atom is 0.179 e. The fourth-order valence-electron chi connectivity index (χ4n) is 2.95. The van der Waals surface area contributed by atoms with E-state index in [0.717, 1.165) is 29.7 Å². The van der Waals surface area contributed by atoms with E-state index < -0.39 is 0 Å². The Bertz CT molecular complexity index is 498. The number of hydrogen-bond acceptors (Lipinski definition) is 3. The minimum atomic E-state index is -0.121. The summed E-state index contributed by atoms with van der Waals surface area (Å²) in [6, 6.07) is 6.28. The fourth-order valence-corrected chi connectivity index (χ4v) is 2.95. The van der Waals surface area contributed by atoms with Crippen LogP contribution in [0, 0.1) is 13.8 Å². The van der Waals surface area contributed by atoms with Crippen LogP contribution < -0.4 is 0 Å². The van der Waals surface area contributed by atoms with Crippen LogP contribution in [0.2, 0.25) is 0 Å². The molecule has 1 heterocycles. The number of likely N-dealkylation sites (N-methyl/N-ethyl adjacent to an activating group) is 1. The number of benzene rings is 1. The molecule has 3 nitrogen and oxygen atoms in total. The number of hydrogen-bond donors (Lipinski definition) is 0. The van der Waals surface area contributed by atoms with Gasteiger partial charge >= 0.3 is 0 Å². The Kier molecular flexibility index (Phi) is 4.61. The van der Waals surface area contributed by atoms with Crippen molar-refractivity contribution in [3.63, 3.8) is 0 Å². The predicted molar refractivity (Wildman–Crippen MR) is 81.3 cm³/mol. The molecule has 0 N–H and O–H groups in total. The Labute approximate surface area is 121 Å². The largest absolute Gasteiger partial charge is 0.377 e. The van der Waals surface area contributed by atoms with Crippen molar-refractivity contribution in [2.45, 2.75) is 52.3 Å². The lowest BCUT2D eigenvalue weighted by Gasteiger charge is -2.31. The zero-order chi connectivity index (χ0) is 14.9. The molecule has 2 rings (SSSR count). The zero-order valence-corrected chi connectivity index (χ0v) is 13.1. The minimum Gasteiger partial charge on any atom is -0.377 e. The van der Waals surface area contributed by atoms with Crippen LogP contribution in [0.15, 0.2) is 18.2 Å². The zero-order valence-electron chi connectivity index (χ0n) is 13.1. The van der Waals surface area contributed by atoms with Gasteiger partial charge in [0, 0.05) is 18.2 Å². The second-order valence-electron chi connectivity index (χ2n) is 5.96. The second-order valence-corrected chi connectivity index (χ2v) is 5.96. The molecule has 0 radical (unpaired) electrons. The van der Waals surface area contributed by atoms with Crippen molar-refractivity contribution in [1.29, 1.82) is 0 Å². The van der Waals surface area contributed by atoms with E-state index in [-0.39, 0.29) is 17.9 Å². The molecule has 0 spiro atoms. The summed E-state index contributed by atoms with van der Waals surface area (Å²) in [6.07, 6.45) is 1.20. The molecule has 0 amide bonds. The van der Waals surface area contributed by atoms with Crippen LogP contribution in [0.3, 0.4) is 0 Å². The highest BCUT2D eigenvalue weighted by molar-refractivity contribution is 6.01. The van der Waals surface area contributed by atoms with Crippen LogP contribution in [-0.2, 0) is 4.74 Å². The van der Waals surface area contributed by atoms with E-state index >= 15 is 0 Å². The second kappa shape index (κ2) is 6.06. The average Bonchev–Trinajstić information content (AvgIpc) is 2.85. The molecule has 3 atom stereocenters. The van der Waals surface area contributed by atoms with Gasteiger partial charge in [-0.25, -0.2) is 0 Å². The third-order valence-electron chi connectivity index (χ3n) is 4.51. The summed E-state index contributed by atoms with van der Waals surface area (Å²) in [6.45, 7) is 8.90. The number of aryl methyl sites for hydroxylation is 2. The first-order valence-corrected chi connectivity index (χ1v) is 7.37. The number of carbonyl (C=O) groups excluding carboxylic acids is 1. The van der Waals surface area contributed by atoms with E-state index in [1.54, 1.807) is 0 Å². The van der Waals surface area contributed by atoms with Crippen LogP contribution in [0.4, 0.5) is 0 Å². The first-order valence-electron chi connectivity index (χ1n) is 7.37. The Morgan fingerprint density at radius 2 is 2.10 bits per heavy atom. The van der Waals surface area contributed by atoms with Crippen LogP contribution in [0.1, 0.15) is 41.8 Å². The summed E-state index contributed by atoms with van der Waals surface area (Å²) >= 11 is 0. The van der Waals surface area contributed by atoms with Crippen molar-refractivity contribution in [1.82, 2.24) is 4.90 Å². The molecule has 1 fully saturated rings. The number of rotatable bonds is 4. The van der Waals surface area contributed by atoms with Crippen molar-refractivity contribution in [3.8, 4) is 0 Å². The molecular formula is C17H25NO2. The van der Waals surface area contributed by atoms with Gasteiger partial charge in [-0.2, -0.15) is 0 Å². The smallest absolute Gasteiger partial charge is 0.179 e. The van der Waals surface area contributed by atoms with Gasteiger partial charge in [0.05, 0.1) is 12.1 Å². The number of Topliss-reactive ketones (excluding diaryl/α,β-unsaturated/α-hetero) is 1. The van der Waals surface area contributed by atoms with Gasteiger partial charge in [0.15, 0.2) is 5.78 Å². The minimum absolute atomic E-state index is 0.121. The molecule has 1 aliphatic heterocycles. The van der Waals surface area contributed by atoms with E-state index in [1.807, 2.05) is 46.0 Å². The van der Waals surface area contributed by atoms with Gasteiger partial charge in [-0.15, -0.1) is 0 Å². The third kappa shape index (κ3) is 2.94. The highest BCUT2D eigenvalue weighted by atomic mass is 16.5. The molecule has 3 heteroatoms. The standard InChI is InChI=1S/C17H25NO2/c1-11-6-7-12(2)15(10-11)17(19)13(3)18(5)16-8-9-20-14(16)4/h6-7,10,13-14,16H,8-9H2,1-5H3. The molecule has 20 heavy (non-hydrogen) atoms. The van der Waals surface area contributed by atoms with Crippen LogP contribution >= 0.6 is 0 Å². The first-order chi connectivity index (χ1) is 9.41. The molecular weight excluding hydrogens is 250 g/mol. The molecule has 1 saturated heterocycles. The van der Waals surface area contributed by atoms with Gasteiger partial charge in [0.25, 0.3) is 0 Å². The van der Waals surface area contributed by atoms with E-state index in [9.17, 15) is 4.79 Å². The molecule has 0 saturated carbocycles. The summed E-state index contributed by atoms with van der Waals surface area (Å²) < 4.78 is 5.61. The summed E-state index contributed by atoms with van der Waals surface area (Å²) in [7, 11) is 2.03. The molecule has 1 aromatic carbocycles. The van der Waals surface area contributed by atoms with Crippen molar-refractivity contribution in [3.05, 3.63) is 34.9 Å². The average molecular weight is 275 g/mol. The highest BCUT2D eigenvalue weighted by Crippen LogP contribution is 2.22. The molecule has 0 aliphatic carbocycles. The number of ether oxygens (including phenoxy) is 1. The van der Waals surface area contributed by atoms with E-state index in [2.05, 4.69) is 11.8 Å². The van der Waals surface area contributed by atoms with Crippen molar-refractivity contribution in [2.24, 2.45) is 0 Å². The molecule has 3 unspecified atom stereocenters. The lowest BCUT2D eigenvalue weighted by Crippen LogP contribution is -2.46. The molecule has 110 valence electrons. The Morgan fingerprint density at radius 3 is 2.70 bits per heavy atom. The van der Waals surface area contributed by atoms with Gasteiger partial charge in [0.1, 0.15) is 0 Å². The fraction of sp³-hybridized carbons (Fsp3) is 0.588. The maximum atomic E-state index is 12.7. The van der Waals surface area contributed by atoms with Crippen LogP contribution in [0.25, 0.3) is 0 Å². The van der Waals surface area contributed by atoms with Gasteiger partial charge in [0.2, 0.25) is 0 Å². The summed E-state index contributed by atoms with van der Waals surface area (Å²) in [4.78, 5) is 14.9. The Hall–Kier alpha value is -1.19. The normalized spacial score (nSPS) is 24.1. The Morgan fingerprint density at radius 1 is 1.40 bits per heavy atom. The van der Waals surface area contributed by atoms with Crippen molar-refractivity contribution >= 4 is 5.78 Å².